The Hall–Kier alpha value is -0.340. The second-order valence-corrected chi connectivity index (χ2v) is 5.20. The van der Waals surface area contributed by atoms with E-state index in [-0.39, 0.29) is 5.60 Å². The molecule has 0 unspecified atom stereocenters. The third-order valence-electron chi connectivity index (χ3n) is 3.40. The van der Waals surface area contributed by atoms with Crippen LogP contribution in [-0.2, 0) is 4.74 Å². The fourth-order valence-corrected chi connectivity index (χ4v) is 2.02. The van der Waals surface area contributed by atoms with Crippen LogP contribution < -0.4 is 5.32 Å². The van der Waals surface area contributed by atoms with E-state index in [1.165, 1.54) is 11.1 Å². The highest BCUT2D eigenvalue weighted by molar-refractivity contribution is 5.17. The average Bonchev–Trinajstić information content (AvgIpc) is 2.17. The SMILES string of the molecule is CC(C)=C(C)C(C)(C)OC1CCNCC1. The van der Waals surface area contributed by atoms with Crippen molar-refractivity contribution in [3.05, 3.63) is 11.1 Å². The standard InChI is InChI=1S/C13H25NO/c1-10(2)11(3)13(4,5)15-12-6-8-14-9-7-12/h12,14H,6-9H2,1-5H3. The lowest BCUT2D eigenvalue weighted by Gasteiger charge is -2.34. The van der Waals surface area contributed by atoms with E-state index in [1.54, 1.807) is 0 Å². The monoisotopic (exact) mass is 211 g/mol. The van der Waals surface area contributed by atoms with Gasteiger partial charge in [-0.3, -0.25) is 0 Å². The lowest BCUT2D eigenvalue weighted by Crippen LogP contribution is -2.39. The quantitative estimate of drug-likeness (QED) is 0.725. The molecule has 0 saturated carbocycles. The number of piperidine rings is 1. The summed E-state index contributed by atoms with van der Waals surface area (Å²) in [6.45, 7) is 13.0. The Labute approximate surface area is 94.1 Å². The Bertz CT molecular complexity index is 233. The van der Waals surface area contributed by atoms with E-state index in [1.807, 2.05) is 0 Å². The summed E-state index contributed by atoms with van der Waals surface area (Å²) < 4.78 is 6.20. The molecule has 1 aliphatic rings. The zero-order valence-corrected chi connectivity index (χ0v) is 10.8. The molecule has 1 aliphatic heterocycles. The van der Waals surface area contributed by atoms with Gasteiger partial charge in [0.05, 0.1) is 11.7 Å². The van der Waals surface area contributed by atoms with Crippen molar-refractivity contribution in [1.82, 2.24) is 5.32 Å². The van der Waals surface area contributed by atoms with Crippen LogP contribution in [0.1, 0.15) is 47.5 Å². The van der Waals surface area contributed by atoms with E-state index in [0.717, 1.165) is 25.9 Å². The molecule has 0 spiro atoms. The van der Waals surface area contributed by atoms with Gasteiger partial charge in [0.15, 0.2) is 0 Å². The van der Waals surface area contributed by atoms with Crippen molar-refractivity contribution in [2.45, 2.75) is 59.2 Å². The predicted molar refractivity (Wildman–Crippen MR) is 65.1 cm³/mol. The second-order valence-electron chi connectivity index (χ2n) is 5.20. The molecule has 0 atom stereocenters. The number of allylic oxidation sites excluding steroid dienone is 1. The number of hydrogen-bond donors (Lipinski definition) is 1. The summed E-state index contributed by atoms with van der Waals surface area (Å²) >= 11 is 0. The van der Waals surface area contributed by atoms with Gasteiger partial charge in [-0.1, -0.05) is 5.57 Å². The summed E-state index contributed by atoms with van der Waals surface area (Å²) in [6, 6.07) is 0. The van der Waals surface area contributed by atoms with Crippen LogP contribution in [0.3, 0.4) is 0 Å². The van der Waals surface area contributed by atoms with E-state index in [2.05, 4.69) is 39.9 Å². The number of rotatable bonds is 3. The third-order valence-corrected chi connectivity index (χ3v) is 3.40. The molecule has 0 aromatic rings. The summed E-state index contributed by atoms with van der Waals surface area (Å²) in [4.78, 5) is 0. The van der Waals surface area contributed by atoms with Gasteiger partial charge in [-0.05, 0) is 66.1 Å². The van der Waals surface area contributed by atoms with Crippen LogP contribution >= 0.6 is 0 Å². The fourth-order valence-electron chi connectivity index (χ4n) is 2.02. The Morgan fingerprint density at radius 3 is 2.13 bits per heavy atom. The smallest absolute Gasteiger partial charge is 0.0838 e. The number of ether oxygens (including phenoxy) is 1. The van der Waals surface area contributed by atoms with Gasteiger partial charge in [0.1, 0.15) is 0 Å². The highest BCUT2D eigenvalue weighted by Gasteiger charge is 2.26. The van der Waals surface area contributed by atoms with Crippen molar-refractivity contribution in [3.63, 3.8) is 0 Å². The van der Waals surface area contributed by atoms with Gasteiger partial charge in [0, 0.05) is 0 Å². The maximum atomic E-state index is 6.20. The molecule has 1 heterocycles. The van der Waals surface area contributed by atoms with Gasteiger partial charge in [0.2, 0.25) is 0 Å². The van der Waals surface area contributed by atoms with Crippen LogP contribution in [0.5, 0.6) is 0 Å². The second kappa shape index (κ2) is 5.13. The van der Waals surface area contributed by atoms with Gasteiger partial charge < -0.3 is 10.1 Å². The highest BCUT2D eigenvalue weighted by Crippen LogP contribution is 2.27. The van der Waals surface area contributed by atoms with E-state index in [9.17, 15) is 0 Å². The van der Waals surface area contributed by atoms with E-state index in [4.69, 9.17) is 4.74 Å². The largest absolute Gasteiger partial charge is 0.368 e. The summed E-state index contributed by atoms with van der Waals surface area (Å²) in [5.41, 5.74) is 2.62. The minimum absolute atomic E-state index is 0.110. The van der Waals surface area contributed by atoms with E-state index in [0.29, 0.717) is 6.10 Å². The fraction of sp³-hybridized carbons (Fsp3) is 0.846. The lowest BCUT2D eigenvalue weighted by molar-refractivity contribution is -0.0603. The van der Waals surface area contributed by atoms with Crippen LogP contribution in [0.2, 0.25) is 0 Å². The van der Waals surface area contributed by atoms with Gasteiger partial charge >= 0.3 is 0 Å². The molecule has 0 amide bonds. The molecule has 1 rings (SSSR count). The van der Waals surface area contributed by atoms with E-state index < -0.39 is 0 Å². The molecular formula is C13H25NO. The molecule has 2 nitrogen and oxygen atoms in total. The molecule has 2 heteroatoms. The normalized spacial score (nSPS) is 19.0. The molecule has 0 aliphatic carbocycles. The van der Waals surface area contributed by atoms with E-state index >= 15 is 0 Å². The Kier molecular flexibility index (Phi) is 4.35. The Morgan fingerprint density at radius 2 is 1.67 bits per heavy atom. The minimum Gasteiger partial charge on any atom is -0.368 e. The molecule has 1 saturated heterocycles. The molecule has 0 bridgehead atoms. The topological polar surface area (TPSA) is 21.3 Å². The van der Waals surface area contributed by atoms with Crippen LogP contribution in [-0.4, -0.2) is 24.8 Å². The highest BCUT2D eigenvalue weighted by atomic mass is 16.5. The predicted octanol–water partition coefficient (Wildman–Crippen LogP) is 2.89. The third kappa shape index (κ3) is 3.62. The van der Waals surface area contributed by atoms with Crippen molar-refractivity contribution in [1.29, 1.82) is 0 Å². The molecule has 15 heavy (non-hydrogen) atoms. The molecule has 0 aromatic heterocycles. The van der Waals surface area contributed by atoms with Crippen molar-refractivity contribution in [3.8, 4) is 0 Å². The van der Waals surface area contributed by atoms with Gasteiger partial charge in [-0.25, -0.2) is 0 Å². The summed E-state index contributed by atoms with van der Waals surface area (Å²) in [6.07, 6.45) is 2.70. The van der Waals surface area contributed by atoms with Gasteiger partial charge in [-0.2, -0.15) is 0 Å². The molecule has 88 valence electrons. The molecular weight excluding hydrogens is 186 g/mol. The first-order valence-electron chi connectivity index (χ1n) is 5.96. The van der Waals surface area contributed by atoms with Crippen molar-refractivity contribution < 1.29 is 4.74 Å². The lowest BCUT2D eigenvalue weighted by atomic mass is 9.94. The molecule has 0 aromatic carbocycles. The molecule has 0 radical (unpaired) electrons. The van der Waals surface area contributed by atoms with Crippen molar-refractivity contribution in [2.24, 2.45) is 0 Å². The van der Waals surface area contributed by atoms with Crippen LogP contribution in [0.4, 0.5) is 0 Å². The summed E-state index contributed by atoms with van der Waals surface area (Å²) in [5.74, 6) is 0. The van der Waals surface area contributed by atoms with Crippen molar-refractivity contribution >= 4 is 0 Å². The number of hydrogen-bond acceptors (Lipinski definition) is 2. The zero-order chi connectivity index (χ0) is 11.5. The van der Waals surface area contributed by atoms with Crippen LogP contribution in [0.15, 0.2) is 11.1 Å². The maximum Gasteiger partial charge on any atom is 0.0838 e. The van der Waals surface area contributed by atoms with Crippen LogP contribution in [0.25, 0.3) is 0 Å². The minimum atomic E-state index is -0.110. The van der Waals surface area contributed by atoms with Gasteiger partial charge in [0.25, 0.3) is 0 Å². The Morgan fingerprint density at radius 1 is 1.13 bits per heavy atom. The van der Waals surface area contributed by atoms with Gasteiger partial charge in [-0.15, -0.1) is 0 Å². The zero-order valence-electron chi connectivity index (χ0n) is 10.8. The molecule has 1 N–H and O–H groups in total. The maximum absolute atomic E-state index is 6.20. The first kappa shape index (κ1) is 12.7. The summed E-state index contributed by atoms with van der Waals surface area (Å²) in [7, 11) is 0. The number of nitrogens with one attached hydrogen (secondary N) is 1. The Balaban J connectivity index is 2.58. The van der Waals surface area contributed by atoms with Crippen molar-refractivity contribution in [2.75, 3.05) is 13.1 Å². The first-order chi connectivity index (χ1) is 6.93. The van der Waals surface area contributed by atoms with Crippen LogP contribution in [0, 0.1) is 0 Å². The summed E-state index contributed by atoms with van der Waals surface area (Å²) in [5, 5.41) is 3.36. The first-order valence-corrected chi connectivity index (χ1v) is 5.96. The average molecular weight is 211 g/mol. The molecule has 1 fully saturated rings.